The Morgan fingerprint density at radius 1 is 0.167 bits per heavy atom. The Hall–Kier alpha value is -7.80. The molecule has 0 bridgehead atoms. The van der Waals surface area contributed by atoms with Crippen LogP contribution in [0.5, 0.6) is 0 Å². The van der Waals surface area contributed by atoms with E-state index in [0.717, 1.165) is 0 Å². The molecule has 12 aromatic rings. The van der Waals surface area contributed by atoms with E-state index in [2.05, 4.69) is 231 Å². The van der Waals surface area contributed by atoms with Crippen LogP contribution in [0.1, 0.15) is 0 Å². The highest BCUT2D eigenvalue weighted by atomic mass is 14.2. The van der Waals surface area contributed by atoms with Crippen molar-refractivity contribution in [1.82, 2.24) is 0 Å². The van der Waals surface area contributed by atoms with Crippen LogP contribution in [0.25, 0.3) is 120 Å². The van der Waals surface area contributed by atoms with E-state index < -0.39 is 0 Å². The van der Waals surface area contributed by atoms with Gasteiger partial charge in [0.15, 0.2) is 0 Å². The molecule has 0 aliphatic rings. The molecule has 0 atom stereocenters. The summed E-state index contributed by atoms with van der Waals surface area (Å²) in [7, 11) is 0. The molecule has 0 aromatic heterocycles. The summed E-state index contributed by atoms with van der Waals surface area (Å²) in [5.74, 6) is 0. The summed E-state index contributed by atoms with van der Waals surface area (Å²) in [4.78, 5) is 0. The summed E-state index contributed by atoms with van der Waals surface area (Å²) in [5, 5.41) is 15.0. The second-order valence-corrected chi connectivity index (χ2v) is 16.0. The van der Waals surface area contributed by atoms with Crippen molar-refractivity contribution >= 4 is 64.6 Å². The molecule has 0 saturated heterocycles. The number of benzene rings is 12. The molecule has 60 heavy (non-hydrogen) atoms. The second-order valence-electron chi connectivity index (χ2n) is 16.0. The highest BCUT2D eigenvalue weighted by molar-refractivity contribution is 6.18. The average molecular weight is 759 g/mol. The van der Waals surface area contributed by atoms with Crippen molar-refractivity contribution in [2.75, 3.05) is 0 Å². The SMILES string of the molecule is c1ccc2cc(-c3cccc4c(-c5cccc6c(-c7cccc8ccccc78)cc(-c7cccc8ccccc78)cc56)ccc(-c5ccc6ccccc6c5)c34)ccc2c1. The molecular formula is C60H38. The first-order chi connectivity index (χ1) is 29.7. The molecule has 12 aromatic carbocycles. The van der Waals surface area contributed by atoms with E-state index >= 15 is 0 Å². The molecule has 0 heterocycles. The molecule has 0 spiro atoms. The van der Waals surface area contributed by atoms with Crippen molar-refractivity contribution < 1.29 is 0 Å². The van der Waals surface area contributed by atoms with E-state index in [-0.39, 0.29) is 0 Å². The predicted molar refractivity (Wildman–Crippen MR) is 259 cm³/mol. The lowest BCUT2D eigenvalue weighted by molar-refractivity contribution is 1.63. The van der Waals surface area contributed by atoms with Crippen LogP contribution in [-0.2, 0) is 0 Å². The van der Waals surface area contributed by atoms with Crippen molar-refractivity contribution in [3.63, 3.8) is 0 Å². The Morgan fingerprint density at radius 2 is 0.583 bits per heavy atom. The topological polar surface area (TPSA) is 0 Å². The van der Waals surface area contributed by atoms with Crippen LogP contribution in [0.3, 0.4) is 0 Å². The molecule has 0 aliphatic heterocycles. The van der Waals surface area contributed by atoms with Gasteiger partial charge in [0.2, 0.25) is 0 Å². The van der Waals surface area contributed by atoms with E-state index in [1.807, 2.05) is 0 Å². The van der Waals surface area contributed by atoms with Gasteiger partial charge in [-0.2, -0.15) is 0 Å². The van der Waals surface area contributed by atoms with Crippen LogP contribution >= 0.6 is 0 Å². The van der Waals surface area contributed by atoms with Gasteiger partial charge in [-0.25, -0.2) is 0 Å². The van der Waals surface area contributed by atoms with E-state index in [1.54, 1.807) is 0 Å². The molecule has 0 aliphatic carbocycles. The molecule has 0 amide bonds. The Labute approximate surface area is 349 Å². The number of rotatable bonds is 5. The fraction of sp³-hybridized carbons (Fsp3) is 0. The highest BCUT2D eigenvalue weighted by Gasteiger charge is 2.19. The highest BCUT2D eigenvalue weighted by Crippen LogP contribution is 2.46. The minimum atomic E-state index is 1.21. The van der Waals surface area contributed by atoms with Gasteiger partial charge in [-0.3, -0.25) is 0 Å². The van der Waals surface area contributed by atoms with Gasteiger partial charge >= 0.3 is 0 Å². The van der Waals surface area contributed by atoms with Crippen LogP contribution < -0.4 is 0 Å². The van der Waals surface area contributed by atoms with Crippen molar-refractivity contribution in [3.8, 4) is 55.6 Å². The first-order valence-corrected chi connectivity index (χ1v) is 20.8. The normalized spacial score (nSPS) is 11.7. The van der Waals surface area contributed by atoms with Crippen LogP contribution in [-0.4, -0.2) is 0 Å². The van der Waals surface area contributed by atoms with Gasteiger partial charge in [0, 0.05) is 0 Å². The van der Waals surface area contributed by atoms with Crippen molar-refractivity contribution in [1.29, 1.82) is 0 Å². The lowest BCUT2D eigenvalue weighted by Gasteiger charge is -2.20. The fourth-order valence-electron chi connectivity index (χ4n) is 9.77. The van der Waals surface area contributed by atoms with Crippen molar-refractivity contribution in [3.05, 3.63) is 231 Å². The lowest BCUT2D eigenvalue weighted by atomic mass is 9.84. The second kappa shape index (κ2) is 13.9. The molecule has 0 nitrogen and oxygen atoms in total. The van der Waals surface area contributed by atoms with Gasteiger partial charge in [-0.15, -0.1) is 0 Å². The molecule has 0 fully saturated rings. The zero-order valence-electron chi connectivity index (χ0n) is 32.9. The van der Waals surface area contributed by atoms with Crippen LogP contribution in [0.15, 0.2) is 231 Å². The van der Waals surface area contributed by atoms with E-state index in [1.165, 1.54) is 120 Å². The predicted octanol–water partition coefficient (Wildman–Crippen LogP) is 16.9. The zero-order valence-corrected chi connectivity index (χ0v) is 32.9. The maximum atomic E-state index is 2.44. The molecule has 0 heteroatoms. The van der Waals surface area contributed by atoms with Crippen LogP contribution in [0.4, 0.5) is 0 Å². The Balaban J connectivity index is 1.17. The Kier molecular flexibility index (Phi) is 7.96. The maximum absolute atomic E-state index is 2.44. The average Bonchev–Trinajstić information content (AvgIpc) is 3.32. The molecule has 12 rings (SSSR count). The Bertz CT molecular complexity index is 3570. The fourth-order valence-corrected chi connectivity index (χ4v) is 9.77. The minimum Gasteiger partial charge on any atom is -0.0616 e. The van der Waals surface area contributed by atoms with Gasteiger partial charge in [0.25, 0.3) is 0 Å². The smallest absolute Gasteiger partial charge is 0.00206 e. The number of fused-ring (bicyclic) bond motifs is 6. The monoisotopic (exact) mass is 758 g/mol. The van der Waals surface area contributed by atoms with Gasteiger partial charge in [0.05, 0.1) is 0 Å². The minimum absolute atomic E-state index is 1.21. The first-order valence-electron chi connectivity index (χ1n) is 20.8. The quantitative estimate of drug-likeness (QED) is 0.164. The summed E-state index contributed by atoms with van der Waals surface area (Å²) in [6, 6.07) is 85.4. The third-order valence-electron chi connectivity index (χ3n) is 12.6. The molecule has 0 saturated carbocycles. The number of hydrogen-bond acceptors (Lipinski definition) is 0. The number of hydrogen-bond donors (Lipinski definition) is 0. The largest absolute Gasteiger partial charge is 0.0616 e. The lowest BCUT2D eigenvalue weighted by Crippen LogP contribution is -1.93. The standard InChI is InChI=1S/C60H38/c1-3-17-43-35-45(31-29-39(43)13-1)51-24-11-28-57-56(34-33-52(60(51)57)46-32-30-40-14-2-4-18-44(40)36-46)54-26-12-27-55-58(53-25-10-20-42-16-6-8-22-49(42)53)37-47(38-59(54)55)50-23-9-19-41-15-5-7-21-48(41)50/h1-38H. The van der Waals surface area contributed by atoms with E-state index in [9.17, 15) is 0 Å². The maximum Gasteiger partial charge on any atom is -0.00206 e. The summed E-state index contributed by atoms with van der Waals surface area (Å²) < 4.78 is 0. The van der Waals surface area contributed by atoms with Gasteiger partial charge in [-0.1, -0.05) is 206 Å². The Morgan fingerprint density at radius 3 is 1.23 bits per heavy atom. The summed E-state index contributed by atoms with van der Waals surface area (Å²) in [5.41, 5.74) is 12.3. The summed E-state index contributed by atoms with van der Waals surface area (Å²) >= 11 is 0. The van der Waals surface area contributed by atoms with Crippen LogP contribution in [0.2, 0.25) is 0 Å². The molecule has 0 radical (unpaired) electrons. The van der Waals surface area contributed by atoms with Gasteiger partial charge in [-0.05, 0) is 145 Å². The zero-order chi connectivity index (χ0) is 39.6. The van der Waals surface area contributed by atoms with Crippen molar-refractivity contribution in [2.45, 2.75) is 0 Å². The molecule has 0 N–H and O–H groups in total. The van der Waals surface area contributed by atoms with Gasteiger partial charge in [0.1, 0.15) is 0 Å². The third-order valence-corrected chi connectivity index (χ3v) is 12.6. The summed E-state index contributed by atoms with van der Waals surface area (Å²) in [6.45, 7) is 0. The summed E-state index contributed by atoms with van der Waals surface area (Å²) in [6.07, 6.45) is 0. The molecule has 278 valence electrons. The van der Waals surface area contributed by atoms with Gasteiger partial charge < -0.3 is 0 Å². The first kappa shape index (κ1) is 34.3. The van der Waals surface area contributed by atoms with E-state index in [4.69, 9.17) is 0 Å². The van der Waals surface area contributed by atoms with Crippen molar-refractivity contribution in [2.24, 2.45) is 0 Å². The van der Waals surface area contributed by atoms with E-state index in [0.29, 0.717) is 0 Å². The molecule has 0 unspecified atom stereocenters. The molecular weight excluding hydrogens is 721 g/mol. The van der Waals surface area contributed by atoms with Crippen LogP contribution in [0, 0.1) is 0 Å². The third kappa shape index (κ3) is 5.61.